The van der Waals surface area contributed by atoms with Crippen molar-refractivity contribution in [3.8, 4) is 22.0 Å². The minimum atomic E-state index is -0.423. The highest BCUT2D eigenvalue weighted by Crippen LogP contribution is 2.31. The Bertz CT molecular complexity index is 1060. The van der Waals surface area contributed by atoms with Crippen LogP contribution in [0.1, 0.15) is 0 Å². The monoisotopic (exact) mass is 401 g/mol. The van der Waals surface area contributed by atoms with Crippen LogP contribution in [0.3, 0.4) is 0 Å². The van der Waals surface area contributed by atoms with E-state index in [-0.39, 0.29) is 5.69 Å². The summed E-state index contributed by atoms with van der Waals surface area (Å²) in [5.74, 6) is 0.641. The molecule has 4 rings (SSSR count). The van der Waals surface area contributed by atoms with E-state index in [1.165, 1.54) is 23.5 Å². The number of nitro groups is 1. The fourth-order valence-electron chi connectivity index (χ4n) is 2.27. The van der Waals surface area contributed by atoms with Crippen LogP contribution >= 0.6 is 27.3 Å². The summed E-state index contributed by atoms with van der Waals surface area (Å²) in [6, 6.07) is 14.0. The fourth-order valence-corrected chi connectivity index (χ4v) is 3.58. The maximum absolute atomic E-state index is 10.7. The molecule has 0 N–H and O–H groups in total. The van der Waals surface area contributed by atoms with E-state index in [0.29, 0.717) is 10.8 Å². The zero-order valence-electron chi connectivity index (χ0n) is 12.0. The van der Waals surface area contributed by atoms with Gasteiger partial charge in [-0.2, -0.15) is 9.61 Å². The van der Waals surface area contributed by atoms with Crippen LogP contribution in [-0.2, 0) is 0 Å². The number of hydrogen-bond donors (Lipinski definition) is 0. The second-order valence-corrected chi connectivity index (χ2v) is 6.72. The molecule has 7 nitrogen and oxygen atoms in total. The first-order chi connectivity index (χ1) is 11.6. The van der Waals surface area contributed by atoms with Crippen molar-refractivity contribution in [2.75, 3.05) is 0 Å². The van der Waals surface area contributed by atoms with E-state index >= 15 is 0 Å². The molecule has 0 amide bonds. The Balaban J connectivity index is 1.80. The molecule has 0 saturated carbocycles. The number of fused-ring (bicyclic) bond motifs is 1. The molecular weight excluding hydrogens is 394 g/mol. The van der Waals surface area contributed by atoms with Crippen molar-refractivity contribution in [1.82, 2.24) is 19.8 Å². The van der Waals surface area contributed by atoms with Crippen molar-refractivity contribution in [3.63, 3.8) is 0 Å². The molecule has 2 heterocycles. The summed E-state index contributed by atoms with van der Waals surface area (Å²) >= 11 is 4.89. The molecule has 0 unspecified atom stereocenters. The summed E-state index contributed by atoms with van der Waals surface area (Å²) in [7, 11) is 0. The van der Waals surface area contributed by atoms with Crippen LogP contribution in [0.15, 0.2) is 53.0 Å². The number of non-ortho nitro benzene ring substituents is 1. The van der Waals surface area contributed by atoms with E-state index in [0.717, 1.165) is 20.6 Å². The standard InChI is InChI=1S/C15H8BrN5O2S/c16-12-4-2-1-3-11(12)13-17-18-15-20(13)19-14(24-15)9-5-7-10(8-6-9)21(22)23/h1-8H. The predicted molar refractivity (Wildman–Crippen MR) is 93.9 cm³/mol. The summed E-state index contributed by atoms with van der Waals surface area (Å²) in [5, 5.41) is 24.4. The Morgan fingerprint density at radius 3 is 2.54 bits per heavy atom. The summed E-state index contributed by atoms with van der Waals surface area (Å²) in [4.78, 5) is 11.0. The van der Waals surface area contributed by atoms with Gasteiger partial charge in [0.15, 0.2) is 5.82 Å². The van der Waals surface area contributed by atoms with Crippen LogP contribution < -0.4 is 0 Å². The molecule has 118 valence electrons. The molecule has 0 aliphatic rings. The minimum Gasteiger partial charge on any atom is -0.258 e. The molecule has 2 aromatic heterocycles. The molecule has 9 heteroatoms. The zero-order valence-corrected chi connectivity index (χ0v) is 14.4. The third kappa shape index (κ3) is 2.47. The third-order valence-corrected chi connectivity index (χ3v) is 5.07. The normalized spacial score (nSPS) is 11.0. The van der Waals surface area contributed by atoms with Crippen LogP contribution in [0.25, 0.3) is 26.9 Å². The maximum Gasteiger partial charge on any atom is 0.269 e. The van der Waals surface area contributed by atoms with Gasteiger partial charge in [0.1, 0.15) is 5.01 Å². The highest BCUT2D eigenvalue weighted by molar-refractivity contribution is 9.10. The van der Waals surface area contributed by atoms with Gasteiger partial charge in [-0.3, -0.25) is 10.1 Å². The molecule has 0 fully saturated rings. The summed E-state index contributed by atoms with van der Waals surface area (Å²) in [6.45, 7) is 0. The molecule has 0 atom stereocenters. The first-order valence-electron chi connectivity index (χ1n) is 6.85. The lowest BCUT2D eigenvalue weighted by atomic mass is 10.2. The molecule has 0 saturated heterocycles. The zero-order chi connectivity index (χ0) is 16.7. The number of rotatable bonds is 3. The number of nitro benzene ring substituents is 1. The van der Waals surface area contributed by atoms with Gasteiger partial charge in [-0.1, -0.05) is 39.4 Å². The Hall–Kier alpha value is -2.65. The number of hydrogen-bond acceptors (Lipinski definition) is 6. The lowest BCUT2D eigenvalue weighted by Crippen LogP contribution is -1.92. The van der Waals surface area contributed by atoms with Crippen LogP contribution in [-0.4, -0.2) is 24.7 Å². The number of halogens is 1. The van der Waals surface area contributed by atoms with Crippen molar-refractivity contribution in [2.45, 2.75) is 0 Å². The van der Waals surface area contributed by atoms with E-state index in [1.807, 2.05) is 24.3 Å². The molecule has 0 spiro atoms. The molecule has 0 bridgehead atoms. The minimum absolute atomic E-state index is 0.0515. The van der Waals surface area contributed by atoms with Gasteiger partial charge in [-0.05, 0) is 24.3 Å². The van der Waals surface area contributed by atoms with Crippen LogP contribution in [0, 0.1) is 10.1 Å². The van der Waals surface area contributed by atoms with Gasteiger partial charge in [-0.25, -0.2) is 0 Å². The average molecular weight is 402 g/mol. The van der Waals surface area contributed by atoms with Gasteiger partial charge >= 0.3 is 0 Å². The number of benzene rings is 2. The second-order valence-electron chi connectivity index (χ2n) is 4.91. The van der Waals surface area contributed by atoms with E-state index in [2.05, 4.69) is 31.2 Å². The van der Waals surface area contributed by atoms with E-state index in [4.69, 9.17) is 0 Å². The molecular formula is C15H8BrN5O2S. The van der Waals surface area contributed by atoms with Crippen LogP contribution in [0.2, 0.25) is 0 Å². The SMILES string of the molecule is O=[N+]([O-])c1ccc(-c2nn3c(-c4ccccc4Br)nnc3s2)cc1. The second kappa shape index (κ2) is 5.77. The van der Waals surface area contributed by atoms with E-state index in [9.17, 15) is 10.1 Å². The van der Waals surface area contributed by atoms with Crippen LogP contribution in [0.5, 0.6) is 0 Å². The lowest BCUT2D eigenvalue weighted by Gasteiger charge is -1.99. The first kappa shape index (κ1) is 14.9. The van der Waals surface area contributed by atoms with Crippen LogP contribution in [0.4, 0.5) is 5.69 Å². The van der Waals surface area contributed by atoms with Gasteiger partial charge in [0, 0.05) is 27.7 Å². The summed E-state index contributed by atoms with van der Waals surface area (Å²) < 4.78 is 2.59. The molecule has 2 aromatic carbocycles. The fraction of sp³-hybridized carbons (Fsp3) is 0. The molecule has 0 radical (unpaired) electrons. The first-order valence-corrected chi connectivity index (χ1v) is 8.46. The van der Waals surface area contributed by atoms with Crippen molar-refractivity contribution >= 4 is 37.9 Å². The smallest absolute Gasteiger partial charge is 0.258 e. The highest BCUT2D eigenvalue weighted by Gasteiger charge is 2.16. The molecule has 24 heavy (non-hydrogen) atoms. The Morgan fingerprint density at radius 2 is 1.83 bits per heavy atom. The largest absolute Gasteiger partial charge is 0.269 e. The molecule has 0 aliphatic heterocycles. The quantitative estimate of drug-likeness (QED) is 0.379. The van der Waals surface area contributed by atoms with Crippen molar-refractivity contribution in [3.05, 3.63) is 63.1 Å². The van der Waals surface area contributed by atoms with Crippen molar-refractivity contribution < 1.29 is 4.92 Å². The van der Waals surface area contributed by atoms with Gasteiger partial charge < -0.3 is 0 Å². The number of aromatic nitrogens is 4. The maximum atomic E-state index is 10.7. The Kier molecular flexibility index (Phi) is 3.58. The van der Waals surface area contributed by atoms with Crippen molar-refractivity contribution in [2.24, 2.45) is 0 Å². The predicted octanol–water partition coefficient (Wildman–Crippen LogP) is 4.19. The topological polar surface area (TPSA) is 86.2 Å². The van der Waals surface area contributed by atoms with Gasteiger partial charge in [0.2, 0.25) is 4.96 Å². The van der Waals surface area contributed by atoms with Gasteiger partial charge in [0.25, 0.3) is 5.69 Å². The summed E-state index contributed by atoms with van der Waals surface area (Å²) in [5.41, 5.74) is 1.75. The third-order valence-electron chi connectivity index (χ3n) is 3.43. The Labute approximate surface area is 147 Å². The lowest BCUT2D eigenvalue weighted by molar-refractivity contribution is -0.384. The van der Waals surface area contributed by atoms with E-state index in [1.54, 1.807) is 16.6 Å². The van der Waals surface area contributed by atoms with Crippen molar-refractivity contribution in [1.29, 1.82) is 0 Å². The average Bonchev–Trinajstić information content (AvgIpc) is 3.16. The highest BCUT2D eigenvalue weighted by atomic mass is 79.9. The van der Waals surface area contributed by atoms with E-state index < -0.39 is 4.92 Å². The summed E-state index contributed by atoms with van der Waals surface area (Å²) in [6.07, 6.45) is 0. The van der Waals surface area contributed by atoms with Gasteiger partial charge in [0.05, 0.1) is 4.92 Å². The Morgan fingerprint density at radius 1 is 1.08 bits per heavy atom. The molecule has 4 aromatic rings. The molecule has 0 aliphatic carbocycles. The number of nitrogens with zero attached hydrogens (tertiary/aromatic N) is 5. The van der Waals surface area contributed by atoms with Gasteiger partial charge in [-0.15, -0.1) is 10.2 Å².